The van der Waals surface area contributed by atoms with Gasteiger partial charge in [-0.3, -0.25) is 4.90 Å². The van der Waals surface area contributed by atoms with E-state index in [-0.39, 0.29) is 0 Å². The summed E-state index contributed by atoms with van der Waals surface area (Å²) in [5.74, 6) is 0.840. The Morgan fingerprint density at radius 3 is 2.44 bits per heavy atom. The molecule has 0 saturated carbocycles. The maximum atomic E-state index is 10.3. The van der Waals surface area contributed by atoms with Gasteiger partial charge in [0.05, 0.1) is 0 Å². The van der Waals surface area contributed by atoms with Crippen molar-refractivity contribution >= 4 is 5.69 Å². The minimum Gasteiger partial charge on any atom is -0.491 e. The number of aliphatic hydroxyl groups is 1. The lowest BCUT2D eigenvalue weighted by Gasteiger charge is -2.29. The first-order chi connectivity index (χ1) is 13.1. The summed E-state index contributed by atoms with van der Waals surface area (Å²) in [5, 5.41) is 10.3. The molecule has 1 aliphatic rings. The molecule has 1 fully saturated rings. The minimum absolute atomic E-state index is 0.309. The Morgan fingerprint density at radius 1 is 1.04 bits per heavy atom. The van der Waals surface area contributed by atoms with E-state index in [1.165, 1.54) is 43.6 Å². The molecule has 4 heteroatoms. The van der Waals surface area contributed by atoms with Gasteiger partial charge in [-0.2, -0.15) is 0 Å². The Balaban J connectivity index is 1.44. The molecule has 0 unspecified atom stereocenters. The zero-order chi connectivity index (χ0) is 19.1. The van der Waals surface area contributed by atoms with Crippen LogP contribution in [-0.2, 0) is 6.54 Å². The lowest BCUT2D eigenvalue weighted by Crippen LogP contribution is -2.33. The molecule has 4 nitrogen and oxygen atoms in total. The maximum absolute atomic E-state index is 10.3. The van der Waals surface area contributed by atoms with E-state index in [4.69, 9.17) is 4.74 Å². The Kier molecular flexibility index (Phi) is 7.13. The number of benzene rings is 2. The van der Waals surface area contributed by atoms with Crippen molar-refractivity contribution in [2.45, 2.75) is 38.8 Å². The normalized spacial score (nSPS) is 15.8. The molecule has 2 aromatic rings. The summed E-state index contributed by atoms with van der Waals surface area (Å²) in [6, 6.07) is 16.8. The Labute approximate surface area is 163 Å². The average molecular weight is 369 g/mol. The number of para-hydroxylation sites is 1. The standard InChI is InChI=1S/C23H32N2O2/c1-19-8-4-5-9-23(19)27-18-22(26)17-24(2)16-20-10-12-21(13-11-20)25-14-6-3-7-15-25/h4-5,8-13,22,26H,3,6-7,14-18H2,1-2H3/t22-/m0/s1. The second-order valence-corrected chi connectivity index (χ2v) is 7.64. The van der Waals surface area contributed by atoms with Crippen LogP contribution in [0.15, 0.2) is 48.5 Å². The zero-order valence-electron chi connectivity index (χ0n) is 16.6. The van der Waals surface area contributed by atoms with E-state index in [1.54, 1.807) is 0 Å². The summed E-state index contributed by atoms with van der Waals surface area (Å²) in [6.07, 6.45) is 3.44. The molecule has 27 heavy (non-hydrogen) atoms. The lowest BCUT2D eigenvalue weighted by atomic mass is 10.1. The molecular weight excluding hydrogens is 336 g/mol. The molecular formula is C23H32N2O2. The molecule has 1 aliphatic heterocycles. The molecule has 1 N–H and O–H groups in total. The van der Waals surface area contributed by atoms with Crippen molar-refractivity contribution in [2.24, 2.45) is 0 Å². The number of hydrogen-bond acceptors (Lipinski definition) is 4. The van der Waals surface area contributed by atoms with Crippen molar-refractivity contribution in [3.05, 3.63) is 59.7 Å². The van der Waals surface area contributed by atoms with Gasteiger partial charge in [0.15, 0.2) is 0 Å². The van der Waals surface area contributed by atoms with Gasteiger partial charge in [-0.05, 0) is 62.6 Å². The quantitative estimate of drug-likeness (QED) is 0.768. The van der Waals surface area contributed by atoms with Crippen LogP contribution in [0.5, 0.6) is 5.75 Å². The number of anilines is 1. The highest BCUT2D eigenvalue weighted by Crippen LogP contribution is 2.21. The van der Waals surface area contributed by atoms with Crippen LogP contribution in [0.3, 0.4) is 0 Å². The highest BCUT2D eigenvalue weighted by Gasteiger charge is 2.12. The van der Waals surface area contributed by atoms with Crippen molar-refractivity contribution < 1.29 is 9.84 Å². The van der Waals surface area contributed by atoms with Gasteiger partial charge in [-0.15, -0.1) is 0 Å². The first-order valence-electron chi connectivity index (χ1n) is 10.0. The van der Waals surface area contributed by atoms with E-state index in [0.29, 0.717) is 13.2 Å². The lowest BCUT2D eigenvalue weighted by molar-refractivity contribution is 0.0741. The van der Waals surface area contributed by atoms with Crippen LogP contribution in [0.25, 0.3) is 0 Å². The Hall–Kier alpha value is -2.04. The fourth-order valence-electron chi connectivity index (χ4n) is 3.66. The van der Waals surface area contributed by atoms with Gasteiger partial charge in [-0.25, -0.2) is 0 Å². The molecule has 0 spiro atoms. The first-order valence-corrected chi connectivity index (χ1v) is 10.0. The van der Waals surface area contributed by atoms with E-state index in [1.807, 2.05) is 38.2 Å². The van der Waals surface area contributed by atoms with Crippen LogP contribution in [0.4, 0.5) is 5.69 Å². The number of aliphatic hydroxyl groups excluding tert-OH is 1. The number of aryl methyl sites for hydroxylation is 1. The van der Waals surface area contributed by atoms with Crippen molar-refractivity contribution in [2.75, 3.05) is 38.2 Å². The van der Waals surface area contributed by atoms with Crippen LogP contribution in [0.2, 0.25) is 0 Å². The molecule has 146 valence electrons. The number of nitrogens with zero attached hydrogens (tertiary/aromatic N) is 2. The van der Waals surface area contributed by atoms with E-state index < -0.39 is 6.10 Å². The van der Waals surface area contributed by atoms with E-state index >= 15 is 0 Å². The van der Waals surface area contributed by atoms with Gasteiger partial charge in [0.1, 0.15) is 18.5 Å². The number of hydrogen-bond donors (Lipinski definition) is 1. The molecule has 3 rings (SSSR count). The highest BCUT2D eigenvalue weighted by atomic mass is 16.5. The van der Waals surface area contributed by atoms with Crippen molar-refractivity contribution in [3.63, 3.8) is 0 Å². The number of piperidine rings is 1. The third kappa shape index (κ3) is 5.98. The van der Waals surface area contributed by atoms with Gasteiger partial charge in [0, 0.05) is 31.9 Å². The molecule has 0 aromatic heterocycles. The monoisotopic (exact) mass is 368 g/mol. The van der Waals surface area contributed by atoms with Crippen LogP contribution in [-0.4, -0.2) is 49.4 Å². The van der Waals surface area contributed by atoms with Crippen molar-refractivity contribution in [3.8, 4) is 5.75 Å². The maximum Gasteiger partial charge on any atom is 0.122 e. The van der Waals surface area contributed by atoms with Gasteiger partial charge in [0.2, 0.25) is 0 Å². The SMILES string of the molecule is Cc1ccccc1OC[C@@H](O)CN(C)Cc1ccc(N2CCCCC2)cc1. The average Bonchev–Trinajstić information content (AvgIpc) is 2.68. The van der Waals surface area contributed by atoms with Gasteiger partial charge in [0.25, 0.3) is 0 Å². The Morgan fingerprint density at radius 2 is 1.74 bits per heavy atom. The van der Waals surface area contributed by atoms with Crippen LogP contribution in [0.1, 0.15) is 30.4 Å². The van der Waals surface area contributed by atoms with E-state index in [2.05, 4.69) is 34.1 Å². The summed E-state index contributed by atoms with van der Waals surface area (Å²) in [4.78, 5) is 4.62. The van der Waals surface area contributed by atoms with E-state index in [0.717, 1.165) is 17.9 Å². The molecule has 1 atom stereocenters. The second-order valence-electron chi connectivity index (χ2n) is 7.64. The van der Waals surface area contributed by atoms with Gasteiger partial charge < -0.3 is 14.7 Å². The largest absolute Gasteiger partial charge is 0.491 e. The number of ether oxygens (including phenoxy) is 1. The number of rotatable bonds is 8. The highest BCUT2D eigenvalue weighted by molar-refractivity contribution is 5.47. The molecule has 1 saturated heterocycles. The molecule has 0 aliphatic carbocycles. The van der Waals surface area contributed by atoms with Crippen molar-refractivity contribution in [1.29, 1.82) is 0 Å². The number of likely N-dealkylation sites (N-methyl/N-ethyl adjacent to an activating group) is 1. The molecule has 0 radical (unpaired) electrons. The fourth-order valence-corrected chi connectivity index (χ4v) is 3.66. The summed E-state index contributed by atoms with van der Waals surface area (Å²) in [6.45, 7) is 6.07. The van der Waals surface area contributed by atoms with Gasteiger partial charge >= 0.3 is 0 Å². The molecule has 0 bridgehead atoms. The third-order valence-corrected chi connectivity index (χ3v) is 5.16. The van der Waals surface area contributed by atoms with Gasteiger partial charge in [-0.1, -0.05) is 30.3 Å². The van der Waals surface area contributed by atoms with Crippen molar-refractivity contribution in [1.82, 2.24) is 4.90 Å². The fraction of sp³-hybridized carbons (Fsp3) is 0.478. The molecule has 2 aromatic carbocycles. The predicted octanol–water partition coefficient (Wildman–Crippen LogP) is 3.86. The Bertz CT molecular complexity index is 696. The molecule has 0 amide bonds. The van der Waals surface area contributed by atoms with Crippen LogP contribution < -0.4 is 9.64 Å². The summed E-state index contributed by atoms with van der Waals surface area (Å²) in [7, 11) is 2.04. The van der Waals surface area contributed by atoms with E-state index in [9.17, 15) is 5.11 Å². The molecule has 1 heterocycles. The zero-order valence-corrected chi connectivity index (χ0v) is 16.6. The first kappa shape index (κ1) is 19.7. The third-order valence-electron chi connectivity index (χ3n) is 5.16. The van der Waals surface area contributed by atoms with Crippen LogP contribution >= 0.6 is 0 Å². The predicted molar refractivity (Wildman–Crippen MR) is 112 cm³/mol. The minimum atomic E-state index is -0.512. The van der Waals surface area contributed by atoms with Crippen LogP contribution in [0, 0.1) is 6.92 Å². The smallest absolute Gasteiger partial charge is 0.122 e. The summed E-state index contributed by atoms with van der Waals surface area (Å²) >= 11 is 0. The second kappa shape index (κ2) is 9.77. The topological polar surface area (TPSA) is 35.9 Å². The summed E-state index contributed by atoms with van der Waals surface area (Å²) in [5.41, 5.74) is 3.69. The summed E-state index contributed by atoms with van der Waals surface area (Å²) < 4.78 is 5.75.